The first-order valence-electron chi connectivity index (χ1n) is 6.67. The van der Waals surface area contributed by atoms with Crippen LogP contribution in [-0.2, 0) is 0 Å². The van der Waals surface area contributed by atoms with E-state index in [1.54, 1.807) is 6.92 Å². The van der Waals surface area contributed by atoms with Gasteiger partial charge in [-0.1, -0.05) is 0 Å². The van der Waals surface area contributed by atoms with Gasteiger partial charge in [-0.2, -0.15) is 0 Å². The van der Waals surface area contributed by atoms with Gasteiger partial charge in [0.15, 0.2) is 11.6 Å². The average Bonchev–Trinajstić information content (AvgIpc) is 2.53. The van der Waals surface area contributed by atoms with Gasteiger partial charge in [-0.3, -0.25) is 0 Å². The van der Waals surface area contributed by atoms with Crippen molar-refractivity contribution in [1.82, 2.24) is 19.9 Å². The van der Waals surface area contributed by atoms with Crippen LogP contribution in [0.25, 0.3) is 22.6 Å². The highest BCUT2D eigenvalue weighted by atomic mass is 19.1. The molecule has 0 saturated heterocycles. The number of rotatable bonds is 2. The summed E-state index contributed by atoms with van der Waals surface area (Å²) in [6, 6.07) is 4.35. The summed E-state index contributed by atoms with van der Waals surface area (Å²) >= 11 is 0. The summed E-state index contributed by atoms with van der Waals surface area (Å²) in [7, 11) is 0. The van der Waals surface area contributed by atoms with Gasteiger partial charge < -0.3 is 16.6 Å². The standard InChI is InChI=1S/C15H13FN6O/c1-7-6-20-15(18)22-12(7)13-10(23)3-2-9(21-13)8-4-5-19-14(17)11(8)16/h2-6,23H,1H3,(H2,17,19)(H2,18,20,22). The normalized spacial score (nSPS) is 10.7. The molecule has 5 N–H and O–H groups in total. The lowest BCUT2D eigenvalue weighted by Crippen LogP contribution is -2.01. The predicted octanol–water partition coefficient (Wildman–Crippen LogP) is 1.92. The number of anilines is 2. The summed E-state index contributed by atoms with van der Waals surface area (Å²) in [6.07, 6.45) is 2.91. The molecule has 0 spiro atoms. The quantitative estimate of drug-likeness (QED) is 0.660. The van der Waals surface area contributed by atoms with Crippen molar-refractivity contribution in [3.63, 3.8) is 0 Å². The van der Waals surface area contributed by atoms with Gasteiger partial charge in [0.25, 0.3) is 0 Å². The minimum atomic E-state index is -0.671. The molecule has 3 aromatic rings. The summed E-state index contributed by atoms with van der Waals surface area (Å²) < 4.78 is 14.1. The number of halogens is 1. The highest BCUT2D eigenvalue weighted by Crippen LogP contribution is 2.32. The van der Waals surface area contributed by atoms with Crippen LogP contribution in [0, 0.1) is 12.7 Å². The lowest BCUT2D eigenvalue weighted by Gasteiger charge is -2.10. The summed E-state index contributed by atoms with van der Waals surface area (Å²) in [5, 5.41) is 10.1. The molecule has 3 rings (SSSR count). The minimum Gasteiger partial charge on any atom is -0.506 e. The minimum absolute atomic E-state index is 0.0524. The zero-order valence-corrected chi connectivity index (χ0v) is 12.2. The molecule has 0 aliphatic heterocycles. The second-order valence-corrected chi connectivity index (χ2v) is 4.88. The van der Waals surface area contributed by atoms with Crippen molar-refractivity contribution in [3.8, 4) is 28.4 Å². The molecule has 0 aliphatic rings. The average molecular weight is 312 g/mol. The third-order valence-corrected chi connectivity index (χ3v) is 3.28. The van der Waals surface area contributed by atoms with Crippen molar-refractivity contribution < 1.29 is 9.50 Å². The molecule has 3 heterocycles. The lowest BCUT2D eigenvalue weighted by molar-refractivity contribution is 0.475. The maximum Gasteiger partial charge on any atom is 0.220 e. The fourth-order valence-electron chi connectivity index (χ4n) is 2.13. The van der Waals surface area contributed by atoms with E-state index in [4.69, 9.17) is 11.5 Å². The number of hydrogen-bond donors (Lipinski definition) is 3. The molecule has 0 atom stereocenters. The molecular formula is C15H13FN6O. The Morgan fingerprint density at radius 1 is 1.04 bits per heavy atom. The van der Waals surface area contributed by atoms with Crippen LogP contribution in [0.4, 0.5) is 16.2 Å². The zero-order valence-electron chi connectivity index (χ0n) is 12.2. The second-order valence-electron chi connectivity index (χ2n) is 4.88. The van der Waals surface area contributed by atoms with Gasteiger partial charge in [0.1, 0.15) is 17.1 Å². The monoisotopic (exact) mass is 312 g/mol. The van der Waals surface area contributed by atoms with E-state index in [0.717, 1.165) is 0 Å². The van der Waals surface area contributed by atoms with Gasteiger partial charge in [-0.15, -0.1) is 0 Å². The first kappa shape index (κ1) is 14.6. The predicted molar refractivity (Wildman–Crippen MR) is 83.7 cm³/mol. The number of hydrogen-bond acceptors (Lipinski definition) is 7. The van der Waals surface area contributed by atoms with Crippen LogP contribution in [0.15, 0.2) is 30.6 Å². The van der Waals surface area contributed by atoms with Crippen LogP contribution in [0.1, 0.15) is 5.56 Å². The number of aromatic nitrogens is 4. The number of aromatic hydroxyl groups is 1. The maximum absolute atomic E-state index is 14.1. The fourth-order valence-corrected chi connectivity index (χ4v) is 2.13. The third kappa shape index (κ3) is 2.61. The molecule has 0 aliphatic carbocycles. The van der Waals surface area contributed by atoms with Gasteiger partial charge in [0.2, 0.25) is 5.95 Å². The van der Waals surface area contributed by atoms with Crippen LogP contribution >= 0.6 is 0 Å². The molecule has 8 heteroatoms. The summed E-state index contributed by atoms with van der Waals surface area (Å²) in [5.74, 6) is -0.939. The molecule has 0 unspecified atom stereocenters. The molecule has 23 heavy (non-hydrogen) atoms. The molecule has 0 bridgehead atoms. The van der Waals surface area contributed by atoms with E-state index in [1.165, 1.54) is 30.6 Å². The van der Waals surface area contributed by atoms with Crippen molar-refractivity contribution in [3.05, 3.63) is 42.0 Å². The van der Waals surface area contributed by atoms with Crippen LogP contribution in [0.3, 0.4) is 0 Å². The Morgan fingerprint density at radius 3 is 2.61 bits per heavy atom. The molecule has 7 nitrogen and oxygen atoms in total. The molecule has 0 aromatic carbocycles. The molecule has 0 radical (unpaired) electrons. The SMILES string of the molecule is Cc1cnc(N)nc1-c1nc(-c2ccnc(N)c2F)ccc1O. The van der Waals surface area contributed by atoms with E-state index in [2.05, 4.69) is 19.9 Å². The van der Waals surface area contributed by atoms with E-state index < -0.39 is 5.82 Å². The van der Waals surface area contributed by atoms with E-state index in [9.17, 15) is 9.50 Å². The van der Waals surface area contributed by atoms with Crippen molar-refractivity contribution in [2.75, 3.05) is 11.5 Å². The highest BCUT2D eigenvalue weighted by Gasteiger charge is 2.16. The van der Waals surface area contributed by atoms with E-state index in [1.807, 2.05) is 0 Å². The first-order chi connectivity index (χ1) is 11.0. The summed E-state index contributed by atoms with van der Waals surface area (Å²) in [5.41, 5.74) is 12.8. The van der Waals surface area contributed by atoms with E-state index in [-0.39, 0.29) is 28.8 Å². The Bertz CT molecular complexity index is 899. The molecular weight excluding hydrogens is 299 g/mol. The largest absolute Gasteiger partial charge is 0.506 e. The summed E-state index contributed by atoms with van der Waals surface area (Å²) in [4.78, 5) is 15.9. The van der Waals surface area contributed by atoms with E-state index in [0.29, 0.717) is 17.0 Å². The molecule has 0 saturated carbocycles. The van der Waals surface area contributed by atoms with Gasteiger partial charge >= 0.3 is 0 Å². The molecule has 116 valence electrons. The maximum atomic E-state index is 14.1. The van der Waals surface area contributed by atoms with Crippen LogP contribution < -0.4 is 11.5 Å². The number of pyridine rings is 2. The highest BCUT2D eigenvalue weighted by molar-refractivity contribution is 5.71. The van der Waals surface area contributed by atoms with Crippen molar-refractivity contribution in [1.29, 1.82) is 0 Å². The van der Waals surface area contributed by atoms with Gasteiger partial charge in [0, 0.05) is 18.0 Å². The summed E-state index contributed by atoms with van der Waals surface area (Å²) in [6.45, 7) is 1.76. The first-order valence-corrected chi connectivity index (χ1v) is 6.67. The Morgan fingerprint density at radius 2 is 1.83 bits per heavy atom. The third-order valence-electron chi connectivity index (χ3n) is 3.28. The van der Waals surface area contributed by atoms with Crippen molar-refractivity contribution in [2.24, 2.45) is 0 Å². The smallest absolute Gasteiger partial charge is 0.220 e. The Kier molecular flexibility index (Phi) is 3.49. The molecule has 0 amide bonds. The van der Waals surface area contributed by atoms with Crippen molar-refractivity contribution in [2.45, 2.75) is 6.92 Å². The second kappa shape index (κ2) is 5.48. The van der Waals surface area contributed by atoms with Crippen LogP contribution in [0.2, 0.25) is 0 Å². The van der Waals surface area contributed by atoms with Gasteiger partial charge in [-0.25, -0.2) is 24.3 Å². The Labute approximate surface area is 130 Å². The zero-order chi connectivity index (χ0) is 16.6. The molecule has 0 fully saturated rings. The number of aryl methyl sites for hydroxylation is 1. The topological polar surface area (TPSA) is 124 Å². The Hall–Kier alpha value is -3.29. The molecule has 3 aromatic heterocycles. The van der Waals surface area contributed by atoms with E-state index >= 15 is 0 Å². The van der Waals surface area contributed by atoms with Crippen molar-refractivity contribution >= 4 is 11.8 Å². The van der Waals surface area contributed by atoms with Gasteiger partial charge in [0.05, 0.1) is 5.69 Å². The number of nitrogens with two attached hydrogens (primary N) is 2. The van der Waals surface area contributed by atoms with Crippen LogP contribution in [-0.4, -0.2) is 25.0 Å². The van der Waals surface area contributed by atoms with Gasteiger partial charge in [-0.05, 0) is 30.7 Å². The number of nitrogens with zero attached hydrogens (tertiary/aromatic N) is 4. The van der Waals surface area contributed by atoms with Crippen LogP contribution in [0.5, 0.6) is 5.75 Å². The Balaban J connectivity index is 2.21. The lowest BCUT2D eigenvalue weighted by atomic mass is 10.1. The fraction of sp³-hybridized carbons (Fsp3) is 0.0667. The number of nitrogen functional groups attached to an aromatic ring is 2.